The van der Waals surface area contributed by atoms with Crippen LogP contribution in [0.3, 0.4) is 0 Å². The summed E-state index contributed by atoms with van der Waals surface area (Å²) in [6, 6.07) is 0.164. The largest absolute Gasteiger partial charge is 0.329 e. The van der Waals surface area contributed by atoms with E-state index in [1.165, 1.54) is 5.69 Å². The standard InChI is InChI=1S/C14H22BrN5/c1-4-11(16)8-13-17-6-7-19(13)9-12-14(15)10(3)18-20(12)5-2/h6-7,11H,4-5,8-9,16H2,1-3H3. The molecule has 0 saturated carbocycles. The Hall–Kier alpha value is -1.14. The van der Waals surface area contributed by atoms with Crippen molar-refractivity contribution in [2.75, 3.05) is 0 Å². The summed E-state index contributed by atoms with van der Waals surface area (Å²) in [5.41, 5.74) is 8.23. The molecule has 0 aliphatic carbocycles. The molecule has 5 nitrogen and oxygen atoms in total. The fourth-order valence-electron chi connectivity index (χ4n) is 2.23. The topological polar surface area (TPSA) is 61.7 Å². The van der Waals surface area contributed by atoms with Crippen LogP contribution in [0.15, 0.2) is 16.9 Å². The summed E-state index contributed by atoms with van der Waals surface area (Å²) in [5, 5.41) is 4.53. The number of aryl methyl sites for hydroxylation is 2. The van der Waals surface area contributed by atoms with Gasteiger partial charge >= 0.3 is 0 Å². The van der Waals surface area contributed by atoms with Crippen molar-refractivity contribution in [3.05, 3.63) is 34.1 Å². The second kappa shape index (κ2) is 6.54. The van der Waals surface area contributed by atoms with Crippen LogP contribution < -0.4 is 5.73 Å². The molecule has 2 heterocycles. The molecule has 2 rings (SSSR count). The molecule has 6 heteroatoms. The second-order valence-electron chi connectivity index (χ2n) is 5.01. The zero-order chi connectivity index (χ0) is 14.7. The lowest BCUT2D eigenvalue weighted by Gasteiger charge is -2.12. The van der Waals surface area contributed by atoms with E-state index in [9.17, 15) is 0 Å². The molecule has 0 saturated heterocycles. The number of rotatable bonds is 6. The molecule has 0 aliphatic heterocycles. The van der Waals surface area contributed by atoms with Crippen molar-refractivity contribution in [1.82, 2.24) is 19.3 Å². The van der Waals surface area contributed by atoms with Gasteiger partial charge in [0.05, 0.1) is 22.4 Å². The van der Waals surface area contributed by atoms with Gasteiger partial charge in [0.1, 0.15) is 5.82 Å². The van der Waals surface area contributed by atoms with Crippen molar-refractivity contribution in [1.29, 1.82) is 0 Å². The number of nitrogens with two attached hydrogens (primary N) is 1. The molecule has 0 aliphatic rings. The number of imidazole rings is 1. The Morgan fingerprint density at radius 1 is 1.40 bits per heavy atom. The molecule has 2 N–H and O–H groups in total. The Labute approximate surface area is 128 Å². The number of nitrogens with zero attached hydrogens (tertiary/aromatic N) is 4. The van der Waals surface area contributed by atoms with Crippen LogP contribution in [0.5, 0.6) is 0 Å². The molecule has 0 radical (unpaired) electrons. The van der Waals surface area contributed by atoms with E-state index in [-0.39, 0.29) is 6.04 Å². The first-order valence-electron chi connectivity index (χ1n) is 7.04. The zero-order valence-electron chi connectivity index (χ0n) is 12.3. The molecule has 20 heavy (non-hydrogen) atoms. The smallest absolute Gasteiger partial charge is 0.110 e. The van der Waals surface area contributed by atoms with Gasteiger partial charge in [0.25, 0.3) is 0 Å². The van der Waals surface area contributed by atoms with Crippen LogP contribution in [0.2, 0.25) is 0 Å². The van der Waals surface area contributed by atoms with E-state index in [4.69, 9.17) is 5.73 Å². The third-order valence-corrected chi connectivity index (χ3v) is 4.58. The average molecular weight is 340 g/mol. The van der Waals surface area contributed by atoms with E-state index in [0.29, 0.717) is 0 Å². The maximum atomic E-state index is 6.04. The van der Waals surface area contributed by atoms with Gasteiger partial charge in [-0.15, -0.1) is 0 Å². The lowest BCUT2D eigenvalue weighted by atomic mass is 10.1. The number of halogens is 1. The van der Waals surface area contributed by atoms with Gasteiger partial charge in [-0.1, -0.05) is 6.92 Å². The van der Waals surface area contributed by atoms with Crippen molar-refractivity contribution in [2.24, 2.45) is 5.73 Å². The first kappa shape index (κ1) is 15.3. The average Bonchev–Trinajstić information content (AvgIpc) is 2.98. The molecule has 2 aromatic heterocycles. The SMILES string of the molecule is CCC(N)Cc1nccn1Cc1c(Br)c(C)nn1CC. The van der Waals surface area contributed by atoms with Crippen molar-refractivity contribution in [3.63, 3.8) is 0 Å². The summed E-state index contributed by atoms with van der Waals surface area (Å²) in [5.74, 6) is 1.03. The third kappa shape index (κ3) is 3.12. The van der Waals surface area contributed by atoms with E-state index in [1.54, 1.807) is 0 Å². The van der Waals surface area contributed by atoms with Gasteiger partial charge in [0.2, 0.25) is 0 Å². The minimum atomic E-state index is 0.164. The number of aromatic nitrogens is 4. The molecular formula is C14H22BrN5. The van der Waals surface area contributed by atoms with Crippen LogP contribution in [0.25, 0.3) is 0 Å². The number of hydrogen-bond acceptors (Lipinski definition) is 3. The molecule has 1 unspecified atom stereocenters. The Morgan fingerprint density at radius 3 is 2.80 bits per heavy atom. The van der Waals surface area contributed by atoms with Crippen molar-refractivity contribution >= 4 is 15.9 Å². The van der Waals surface area contributed by atoms with Gasteiger partial charge in [0.15, 0.2) is 0 Å². The molecule has 2 aromatic rings. The van der Waals surface area contributed by atoms with Crippen LogP contribution in [-0.4, -0.2) is 25.4 Å². The number of hydrogen-bond donors (Lipinski definition) is 1. The summed E-state index contributed by atoms with van der Waals surface area (Å²) in [7, 11) is 0. The van der Waals surface area contributed by atoms with Crippen LogP contribution in [0.1, 0.15) is 37.5 Å². The fraction of sp³-hybridized carbons (Fsp3) is 0.571. The van der Waals surface area contributed by atoms with E-state index in [1.807, 2.05) is 24.0 Å². The summed E-state index contributed by atoms with van der Waals surface area (Å²) in [6.45, 7) is 7.84. The lowest BCUT2D eigenvalue weighted by molar-refractivity contribution is 0.566. The molecule has 0 amide bonds. The van der Waals surface area contributed by atoms with Gasteiger partial charge in [-0.3, -0.25) is 4.68 Å². The molecular weight excluding hydrogens is 318 g/mol. The summed E-state index contributed by atoms with van der Waals surface area (Å²) < 4.78 is 5.27. The summed E-state index contributed by atoms with van der Waals surface area (Å²) in [6.07, 6.45) is 5.61. The van der Waals surface area contributed by atoms with E-state index in [0.717, 1.165) is 41.9 Å². The zero-order valence-corrected chi connectivity index (χ0v) is 13.9. The van der Waals surface area contributed by atoms with Crippen LogP contribution in [0.4, 0.5) is 0 Å². The van der Waals surface area contributed by atoms with E-state index < -0.39 is 0 Å². The van der Waals surface area contributed by atoms with Crippen molar-refractivity contribution in [2.45, 2.75) is 52.7 Å². The maximum Gasteiger partial charge on any atom is 0.110 e. The van der Waals surface area contributed by atoms with Gasteiger partial charge in [0, 0.05) is 31.4 Å². The lowest BCUT2D eigenvalue weighted by Crippen LogP contribution is -2.24. The minimum absolute atomic E-state index is 0.164. The Bertz CT molecular complexity index is 572. The molecule has 110 valence electrons. The first-order chi connectivity index (χ1) is 9.56. The molecule has 0 aromatic carbocycles. The maximum absolute atomic E-state index is 6.04. The van der Waals surface area contributed by atoms with E-state index in [2.05, 4.69) is 44.4 Å². The molecule has 0 spiro atoms. The Balaban J connectivity index is 2.25. The molecule has 0 fully saturated rings. The van der Waals surface area contributed by atoms with Gasteiger partial charge in [-0.2, -0.15) is 5.10 Å². The first-order valence-corrected chi connectivity index (χ1v) is 7.83. The highest BCUT2D eigenvalue weighted by Crippen LogP contribution is 2.22. The van der Waals surface area contributed by atoms with Gasteiger partial charge < -0.3 is 10.3 Å². The second-order valence-corrected chi connectivity index (χ2v) is 5.80. The predicted octanol–water partition coefficient (Wildman–Crippen LogP) is 2.50. The molecule has 1 atom stereocenters. The van der Waals surface area contributed by atoms with Gasteiger partial charge in [-0.25, -0.2) is 4.98 Å². The van der Waals surface area contributed by atoms with Crippen molar-refractivity contribution < 1.29 is 0 Å². The van der Waals surface area contributed by atoms with Crippen LogP contribution in [-0.2, 0) is 19.5 Å². The predicted molar refractivity (Wildman–Crippen MR) is 83.6 cm³/mol. The van der Waals surface area contributed by atoms with Crippen molar-refractivity contribution in [3.8, 4) is 0 Å². The van der Waals surface area contributed by atoms with Crippen LogP contribution >= 0.6 is 15.9 Å². The Kier molecular flexibility index (Phi) is 4.99. The highest BCUT2D eigenvalue weighted by molar-refractivity contribution is 9.10. The summed E-state index contributed by atoms with van der Waals surface area (Å²) in [4.78, 5) is 4.43. The highest BCUT2D eigenvalue weighted by Gasteiger charge is 2.15. The minimum Gasteiger partial charge on any atom is -0.329 e. The Morgan fingerprint density at radius 2 is 2.15 bits per heavy atom. The monoisotopic (exact) mass is 339 g/mol. The fourth-order valence-corrected chi connectivity index (χ4v) is 2.64. The normalized spacial score (nSPS) is 12.8. The molecule has 0 bridgehead atoms. The third-order valence-electron chi connectivity index (χ3n) is 3.54. The highest BCUT2D eigenvalue weighted by atomic mass is 79.9. The van der Waals surface area contributed by atoms with E-state index >= 15 is 0 Å². The summed E-state index contributed by atoms with van der Waals surface area (Å²) >= 11 is 3.63. The van der Waals surface area contributed by atoms with Gasteiger partial charge in [-0.05, 0) is 36.2 Å². The quantitative estimate of drug-likeness (QED) is 0.879. The van der Waals surface area contributed by atoms with Crippen LogP contribution in [0, 0.1) is 6.92 Å².